The van der Waals surface area contributed by atoms with E-state index >= 15 is 0 Å². The number of benzene rings is 2. The molecule has 0 spiro atoms. The van der Waals surface area contributed by atoms with Gasteiger partial charge in [0.25, 0.3) is 0 Å². The van der Waals surface area contributed by atoms with Gasteiger partial charge in [0.1, 0.15) is 23.9 Å². The van der Waals surface area contributed by atoms with E-state index in [1.54, 1.807) is 37.4 Å². The van der Waals surface area contributed by atoms with Crippen molar-refractivity contribution in [3.05, 3.63) is 54.6 Å². The van der Waals surface area contributed by atoms with E-state index in [-0.39, 0.29) is 17.6 Å². The van der Waals surface area contributed by atoms with Crippen molar-refractivity contribution in [3.63, 3.8) is 0 Å². The van der Waals surface area contributed by atoms with E-state index in [1.165, 1.54) is 9.44 Å². The molecule has 2 amide bonds. The van der Waals surface area contributed by atoms with Crippen molar-refractivity contribution < 1.29 is 23.5 Å². The standard InChI is InChI=1S/C27H29IN6O5/c1-27(2,3)23-13-24(33-39-23)34(28)26(35)32-16-6-5-7-17(10-16)38-25-19-11-22(37-18-8-9-29-14-18)21(36-4)12-20(19)30-15-31-25/h5-7,10-13,15,18,29H,8-9,14H2,1-4H3,(H,32,35). The van der Waals surface area contributed by atoms with Gasteiger partial charge in [-0.15, -0.1) is 0 Å². The molecule has 0 bridgehead atoms. The number of halogens is 1. The maximum Gasteiger partial charge on any atom is 0.336 e. The fraction of sp³-hybridized carbons (Fsp3) is 0.333. The molecular weight excluding hydrogens is 615 g/mol. The van der Waals surface area contributed by atoms with Crippen molar-refractivity contribution in [2.45, 2.75) is 38.7 Å². The number of carbonyl (C=O) groups is 1. The summed E-state index contributed by atoms with van der Waals surface area (Å²) in [6, 6.07) is 12.1. The van der Waals surface area contributed by atoms with Crippen LogP contribution in [0.15, 0.2) is 53.3 Å². The molecule has 1 fully saturated rings. The molecule has 0 radical (unpaired) electrons. The first kappa shape index (κ1) is 26.9. The lowest BCUT2D eigenvalue weighted by Gasteiger charge is -2.17. The molecule has 1 aliphatic rings. The SMILES string of the molecule is COc1cc2ncnc(Oc3cccc(NC(=O)N(I)c4cc(C(C)(C)C)on4)c3)c2cc1OC1CCNC1. The van der Waals surface area contributed by atoms with Crippen molar-refractivity contribution >= 4 is 51.3 Å². The molecule has 1 unspecified atom stereocenters. The number of methoxy groups -OCH3 is 1. The molecule has 5 rings (SSSR count). The normalized spacial score (nSPS) is 15.3. The van der Waals surface area contributed by atoms with Crippen LogP contribution in [0.25, 0.3) is 10.9 Å². The zero-order chi connectivity index (χ0) is 27.6. The second-order valence-corrected chi connectivity index (χ2v) is 11.0. The molecule has 204 valence electrons. The summed E-state index contributed by atoms with van der Waals surface area (Å²) in [4.78, 5) is 21.6. The molecular formula is C27H29IN6O5. The third kappa shape index (κ3) is 6.17. The number of nitrogens with one attached hydrogen (secondary N) is 2. The number of rotatable bonds is 7. The molecule has 1 aliphatic heterocycles. The van der Waals surface area contributed by atoms with Crippen LogP contribution < -0.4 is 28.0 Å². The van der Waals surface area contributed by atoms with Gasteiger partial charge in [-0.1, -0.05) is 32.0 Å². The first-order valence-electron chi connectivity index (χ1n) is 12.4. The third-order valence-corrected chi connectivity index (χ3v) is 7.04. The predicted octanol–water partition coefficient (Wildman–Crippen LogP) is 5.85. The number of amides is 2. The van der Waals surface area contributed by atoms with E-state index in [1.807, 2.05) is 55.8 Å². The van der Waals surface area contributed by atoms with Crippen LogP contribution >= 0.6 is 22.9 Å². The van der Waals surface area contributed by atoms with Gasteiger partial charge in [-0.25, -0.2) is 17.9 Å². The minimum atomic E-state index is -0.385. The summed E-state index contributed by atoms with van der Waals surface area (Å²) in [5.41, 5.74) is 0.972. The number of nitrogens with zero attached hydrogens (tertiary/aromatic N) is 4. The average Bonchev–Trinajstić information content (AvgIpc) is 3.61. The van der Waals surface area contributed by atoms with Crippen molar-refractivity contribution in [2.75, 3.05) is 28.6 Å². The quantitative estimate of drug-likeness (QED) is 0.189. The van der Waals surface area contributed by atoms with Crippen LogP contribution in [0.4, 0.5) is 16.3 Å². The van der Waals surface area contributed by atoms with Gasteiger partial charge in [-0.2, -0.15) is 0 Å². The Balaban J connectivity index is 1.34. The van der Waals surface area contributed by atoms with E-state index in [4.69, 9.17) is 18.7 Å². The summed E-state index contributed by atoms with van der Waals surface area (Å²) in [5.74, 6) is 3.12. The predicted molar refractivity (Wildman–Crippen MR) is 155 cm³/mol. The van der Waals surface area contributed by atoms with E-state index in [0.717, 1.165) is 19.5 Å². The first-order valence-corrected chi connectivity index (χ1v) is 13.4. The van der Waals surface area contributed by atoms with E-state index in [0.29, 0.717) is 51.3 Å². The number of ether oxygens (including phenoxy) is 3. The minimum Gasteiger partial charge on any atom is -0.493 e. The Morgan fingerprint density at radius 3 is 2.74 bits per heavy atom. The Labute approximate surface area is 239 Å². The van der Waals surface area contributed by atoms with E-state index in [2.05, 4.69) is 25.8 Å². The molecule has 3 heterocycles. The number of hydrogen-bond donors (Lipinski definition) is 2. The minimum absolute atomic E-state index is 0.0559. The van der Waals surface area contributed by atoms with Crippen molar-refractivity contribution in [3.8, 4) is 23.1 Å². The highest BCUT2D eigenvalue weighted by Crippen LogP contribution is 2.37. The molecule has 1 atom stereocenters. The molecule has 39 heavy (non-hydrogen) atoms. The maximum atomic E-state index is 12.9. The molecule has 2 aromatic carbocycles. The van der Waals surface area contributed by atoms with Crippen LogP contribution in [0.3, 0.4) is 0 Å². The van der Waals surface area contributed by atoms with Crippen LogP contribution in [0.2, 0.25) is 0 Å². The largest absolute Gasteiger partial charge is 0.493 e. The summed E-state index contributed by atoms with van der Waals surface area (Å²) in [5, 5.41) is 10.8. The first-order chi connectivity index (χ1) is 18.7. The van der Waals surface area contributed by atoms with Crippen LogP contribution in [0.1, 0.15) is 33.0 Å². The summed E-state index contributed by atoms with van der Waals surface area (Å²) < 4.78 is 24.6. The topological polar surface area (TPSA) is 124 Å². The van der Waals surface area contributed by atoms with Gasteiger partial charge in [0.15, 0.2) is 17.3 Å². The van der Waals surface area contributed by atoms with Gasteiger partial charge in [-0.05, 0) is 31.2 Å². The number of aromatic nitrogens is 3. The highest BCUT2D eigenvalue weighted by Gasteiger charge is 2.24. The Hall–Kier alpha value is -3.65. The molecule has 12 heteroatoms. The number of anilines is 2. The van der Waals surface area contributed by atoms with E-state index in [9.17, 15) is 4.79 Å². The number of carbonyl (C=O) groups excluding carboxylic acids is 1. The Kier molecular flexibility index (Phi) is 7.75. The van der Waals surface area contributed by atoms with Gasteiger partial charge in [0.2, 0.25) is 5.88 Å². The van der Waals surface area contributed by atoms with Crippen LogP contribution in [-0.4, -0.2) is 47.5 Å². The second-order valence-electron chi connectivity index (χ2n) is 10.1. The second kappa shape index (κ2) is 11.2. The Morgan fingerprint density at radius 2 is 2.03 bits per heavy atom. The Bertz CT molecular complexity index is 1480. The van der Waals surface area contributed by atoms with Crippen LogP contribution in [0.5, 0.6) is 23.1 Å². The average molecular weight is 644 g/mol. The highest BCUT2D eigenvalue weighted by atomic mass is 127. The number of fused-ring (bicyclic) bond motifs is 1. The van der Waals surface area contributed by atoms with E-state index < -0.39 is 0 Å². The zero-order valence-electron chi connectivity index (χ0n) is 22.0. The maximum absolute atomic E-state index is 12.9. The van der Waals surface area contributed by atoms with Gasteiger partial charge in [0.05, 0.1) is 40.9 Å². The fourth-order valence-corrected chi connectivity index (χ4v) is 4.37. The lowest BCUT2D eigenvalue weighted by atomic mass is 9.93. The molecule has 11 nitrogen and oxygen atoms in total. The summed E-state index contributed by atoms with van der Waals surface area (Å²) in [6.45, 7) is 7.73. The van der Waals surface area contributed by atoms with Crippen molar-refractivity contribution in [1.82, 2.24) is 20.4 Å². The number of hydrogen-bond acceptors (Lipinski definition) is 9. The Morgan fingerprint density at radius 1 is 1.18 bits per heavy atom. The molecule has 4 aromatic rings. The zero-order valence-corrected chi connectivity index (χ0v) is 24.2. The smallest absolute Gasteiger partial charge is 0.336 e. The molecule has 2 aromatic heterocycles. The molecule has 1 saturated heterocycles. The number of urea groups is 1. The van der Waals surface area contributed by atoms with Gasteiger partial charge in [0, 0.05) is 35.8 Å². The lowest BCUT2D eigenvalue weighted by Crippen LogP contribution is -2.26. The monoisotopic (exact) mass is 644 g/mol. The third-order valence-electron chi connectivity index (χ3n) is 6.11. The fourth-order valence-electron chi connectivity index (χ4n) is 4.02. The molecule has 0 aliphatic carbocycles. The van der Waals surface area contributed by atoms with Gasteiger partial charge >= 0.3 is 6.03 Å². The van der Waals surface area contributed by atoms with Gasteiger partial charge in [-0.3, -0.25) is 0 Å². The lowest BCUT2D eigenvalue weighted by molar-refractivity contribution is 0.213. The van der Waals surface area contributed by atoms with Crippen molar-refractivity contribution in [2.24, 2.45) is 0 Å². The van der Waals surface area contributed by atoms with Gasteiger partial charge < -0.3 is 29.4 Å². The van der Waals surface area contributed by atoms with Crippen LogP contribution in [-0.2, 0) is 5.41 Å². The molecule has 2 N–H and O–H groups in total. The van der Waals surface area contributed by atoms with Crippen molar-refractivity contribution in [1.29, 1.82) is 0 Å². The summed E-state index contributed by atoms with van der Waals surface area (Å²) in [6.07, 6.45) is 2.40. The summed E-state index contributed by atoms with van der Waals surface area (Å²) in [7, 11) is 1.60. The molecule has 0 saturated carbocycles. The van der Waals surface area contributed by atoms with Crippen LogP contribution in [0, 0.1) is 0 Å². The highest BCUT2D eigenvalue weighted by molar-refractivity contribution is 14.1. The summed E-state index contributed by atoms with van der Waals surface area (Å²) >= 11 is 1.89.